The number of nitrogens with one attached hydrogen (secondary N) is 2. The van der Waals surface area contributed by atoms with Crippen LogP contribution < -0.4 is 15.8 Å². The monoisotopic (exact) mass is 381 g/mol. The van der Waals surface area contributed by atoms with Crippen LogP contribution >= 0.6 is 0 Å². The molecule has 0 aliphatic carbocycles. The van der Waals surface area contributed by atoms with Crippen LogP contribution in [0.25, 0.3) is 10.8 Å². The summed E-state index contributed by atoms with van der Waals surface area (Å²) in [4.78, 5) is 12.5. The van der Waals surface area contributed by atoms with E-state index < -0.39 is 0 Å². The van der Waals surface area contributed by atoms with Gasteiger partial charge in [-0.3, -0.25) is 10.2 Å². The van der Waals surface area contributed by atoms with Gasteiger partial charge in [0.05, 0.1) is 5.69 Å². The average Bonchev–Trinajstić information content (AvgIpc) is 2.74. The number of hydrogen-bond donors (Lipinski definition) is 3. The van der Waals surface area contributed by atoms with E-state index in [-0.39, 0.29) is 11.7 Å². The normalized spacial score (nSPS) is 10.5. The van der Waals surface area contributed by atoms with Crippen LogP contribution in [0.15, 0.2) is 91.0 Å². The number of nitrogen functional groups attached to an aromatic ring is 1. The Labute approximate surface area is 168 Å². The highest BCUT2D eigenvalue weighted by atomic mass is 16.5. The minimum atomic E-state index is -0.282. The van der Waals surface area contributed by atoms with Gasteiger partial charge in [-0.2, -0.15) is 0 Å². The number of benzene rings is 4. The summed E-state index contributed by atoms with van der Waals surface area (Å²) in [5.74, 6) is 0.994. The molecule has 0 aliphatic heterocycles. The second kappa shape index (κ2) is 7.86. The molecule has 0 fully saturated rings. The Bertz CT molecular complexity index is 1200. The molecule has 5 nitrogen and oxygen atoms in total. The maximum Gasteiger partial charge on any atom is 0.255 e. The van der Waals surface area contributed by atoms with Gasteiger partial charge in [0.25, 0.3) is 5.91 Å². The van der Waals surface area contributed by atoms with Crippen molar-refractivity contribution in [3.05, 3.63) is 102 Å². The summed E-state index contributed by atoms with van der Waals surface area (Å²) in [6, 6.07) is 27.8. The molecule has 4 N–H and O–H groups in total. The molecule has 29 heavy (non-hydrogen) atoms. The third-order valence-electron chi connectivity index (χ3n) is 4.54. The predicted octanol–water partition coefficient (Wildman–Crippen LogP) is 5.17. The van der Waals surface area contributed by atoms with E-state index in [0.717, 1.165) is 16.5 Å². The van der Waals surface area contributed by atoms with Crippen LogP contribution in [0.2, 0.25) is 0 Å². The van der Waals surface area contributed by atoms with Crippen LogP contribution in [0.1, 0.15) is 15.9 Å². The van der Waals surface area contributed by atoms with Crippen LogP contribution in [-0.4, -0.2) is 11.7 Å². The number of rotatable bonds is 5. The van der Waals surface area contributed by atoms with Gasteiger partial charge in [-0.1, -0.05) is 42.5 Å². The van der Waals surface area contributed by atoms with E-state index in [2.05, 4.69) is 11.4 Å². The Morgan fingerprint density at radius 1 is 0.793 bits per heavy atom. The van der Waals surface area contributed by atoms with Crippen molar-refractivity contribution in [2.75, 3.05) is 5.32 Å². The van der Waals surface area contributed by atoms with Crippen LogP contribution in [0.5, 0.6) is 11.5 Å². The van der Waals surface area contributed by atoms with E-state index in [4.69, 9.17) is 15.9 Å². The first-order valence-electron chi connectivity index (χ1n) is 9.12. The molecule has 0 aromatic heterocycles. The van der Waals surface area contributed by atoms with Gasteiger partial charge in [0.15, 0.2) is 0 Å². The van der Waals surface area contributed by atoms with Crippen molar-refractivity contribution in [1.29, 1.82) is 5.41 Å². The average molecular weight is 381 g/mol. The molecule has 4 rings (SSSR count). The van der Waals surface area contributed by atoms with Crippen molar-refractivity contribution in [3.8, 4) is 11.5 Å². The van der Waals surface area contributed by atoms with Crippen LogP contribution in [0, 0.1) is 5.41 Å². The molecule has 4 aromatic carbocycles. The SMILES string of the molecule is N=C(N)c1ccccc1NC(=O)c1ccc(Oc2ccc3ccccc3c2)cc1. The molecule has 0 spiro atoms. The molecule has 0 aliphatic rings. The number of nitrogens with two attached hydrogens (primary N) is 1. The summed E-state index contributed by atoms with van der Waals surface area (Å²) in [5.41, 5.74) is 7.04. The summed E-state index contributed by atoms with van der Waals surface area (Å²) < 4.78 is 5.91. The lowest BCUT2D eigenvalue weighted by atomic mass is 10.1. The van der Waals surface area contributed by atoms with Crippen LogP contribution in [0.4, 0.5) is 5.69 Å². The minimum Gasteiger partial charge on any atom is -0.457 e. The highest BCUT2D eigenvalue weighted by molar-refractivity contribution is 6.09. The number of para-hydroxylation sites is 1. The summed E-state index contributed by atoms with van der Waals surface area (Å²) in [6.45, 7) is 0. The Hall–Kier alpha value is -4.12. The lowest BCUT2D eigenvalue weighted by molar-refractivity contribution is 0.102. The molecule has 4 aromatic rings. The number of hydrogen-bond acceptors (Lipinski definition) is 3. The molecule has 0 radical (unpaired) electrons. The van der Waals surface area contributed by atoms with E-state index in [1.807, 2.05) is 36.4 Å². The van der Waals surface area contributed by atoms with E-state index in [1.54, 1.807) is 48.5 Å². The number of amides is 1. The summed E-state index contributed by atoms with van der Waals surface area (Å²) >= 11 is 0. The van der Waals surface area contributed by atoms with Gasteiger partial charge < -0.3 is 15.8 Å². The molecular formula is C24H19N3O2. The van der Waals surface area contributed by atoms with Crippen LogP contribution in [-0.2, 0) is 0 Å². The lowest BCUT2D eigenvalue weighted by Crippen LogP contribution is -2.18. The van der Waals surface area contributed by atoms with Gasteiger partial charge >= 0.3 is 0 Å². The van der Waals surface area contributed by atoms with Gasteiger partial charge in [-0.25, -0.2) is 0 Å². The van der Waals surface area contributed by atoms with E-state index in [9.17, 15) is 4.79 Å². The number of anilines is 1. The molecule has 142 valence electrons. The summed E-state index contributed by atoms with van der Waals surface area (Å²) in [7, 11) is 0. The zero-order valence-electron chi connectivity index (χ0n) is 15.6. The minimum absolute atomic E-state index is 0.0972. The summed E-state index contributed by atoms with van der Waals surface area (Å²) in [6.07, 6.45) is 0. The van der Waals surface area contributed by atoms with Gasteiger partial charge in [0.1, 0.15) is 17.3 Å². The Morgan fingerprint density at radius 3 is 2.21 bits per heavy atom. The maximum atomic E-state index is 12.5. The quantitative estimate of drug-likeness (QED) is 0.329. The third-order valence-corrected chi connectivity index (χ3v) is 4.54. The Morgan fingerprint density at radius 2 is 1.45 bits per heavy atom. The first-order chi connectivity index (χ1) is 14.1. The van der Waals surface area contributed by atoms with Gasteiger partial charge in [-0.05, 0) is 59.3 Å². The highest BCUT2D eigenvalue weighted by Crippen LogP contribution is 2.26. The first-order valence-corrected chi connectivity index (χ1v) is 9.12. The van der Waals surface area contributed by atoms with Crippen molar-refractivity contribution in [1.82, 2.24) is 0 Å². The molecule has 1 amide bonds. The van der Waals surface area contributed by atoms with Crippen molar-refractivity contribution in [3.63, 3.8) is 0 Å². The van der Waals surface area contributed by atoms with Gasteiger partial charge in [-0.15, -0.1) is 0 Å². The Balaban J connectivity index is 1.48. The van der Waals surface area contributed by atoms with E-state index >= 15 is 0 Å². The molecule has 0 saturated heterocycles. The van der Waals surface area contributed by atoms with Crippen molar-refractivity contribution in [2.24, 2.45) is 5.73 Å². The second-order valence-corrected chi connectivity index (χ2v) is 6.55. The fourth-order valence-corrected chi connectivity index (χ4v) is 3.06. The zero-order chi connectivity index (χ0) is 20.2. The van der Waals surface area contributed by atoms with Crippen molar-refractivity contribution in [2.45, 2.75) is 0 Å². The van der Waals surface area contributed by atoms with Gasteiger partial charge in [0.2, 0.25) is 0 Å². The molecular weight excluding hydrogens is 362 g/mol. The molecule has 5 heteroatoms. The molecule has 0 unspecified atom stereocenters. The second-order valence-electron chi connectivity index (χ2n) is 6.55. The summed E-state index contributed by atoms with van der Waals surface area (Å²) in [5, 5.41) is 12.7. The lowest BCUT2D eigenvalue weighted by Gasteiger charge is -2.11. The highest BCUT2D eigenvalue weighted by Gasteiger charge is 2.10. The number of amidine groups is 1. The van der Waals surface area contributed by atoms with Gasteiger partial charge in [0, 0.05) is 11.1 Å². The fraction of sp³-hybridized carbons (Fsp3) is 0. The molecule has 0 atom stereocenters. The smallest absolute Gasteiger partial charge is 0.255 e. The number of ether oxygens (including phenoxy) is 1. The number of carbonyl (C=O) groups is 1. The fourth-order valence-electron chi connectivity index (χ4n) is 3.06. The molecule has 0 bridgehead atoms. The maximum absolute atomic E-state index is 12.5. The van der Waals surface area contributed by atoms with Crippen molar-refractivity contribution < 1.29 is 9.53 Å². The zero-order valence-corrected chi connectivity index (χ0v) is 15.6. The van der Waals surface area contributed by atoms with E-state index in [1.165, 1.54) is 0 Å². The third kappa shape index (κ3) is 4.09. The first kappa shape index (κ1) is 18.3. The van der Waals surface area contributed by atoms with E-state index in [0.29, 0.717) is 22.6 Å². The van der Waals surface area contributed by atoms with Crippen molar-refractivity contribution >= 4 is 28.2 Å². The predicted molar refractivity (Wildman–Crippen MR) is 116 cm³/mol. The largest absolute Gasteiger partial charge is 0.457 e. The number of fused-ring (bicyclic) bond motifs is 1. The number of carbonyl (C=O) groups excluding carboxylic acids is 1. The topological polar surface area (TPSA) is 88.2 Å². The molecule has 0 saturated carbocycles. The standard InChI is InChI=1S/C24H19N3O2/c25-23(26)21-7-3-4-8-22(21)27-24(28)17-10-12-19(13-11-17)29-20-14-9-16-5-1-2-6-18(16)15-20/h1-15H,(H3,25,26)(H,27,28). The molecule has 0 heterocycles. The Kier molecular flexibility index (Phi) is 4.95. The van der Waals surface area contributed by atoms with Crippen LogP contribution in [0.3, 0.4) is 0 Å².